The van der Waals surface area contributed by atoms with Crippen LogP contribution in [0.25, 0.3) is 17.2 Å². The summed E-state index contributed by atoms with van der Waals surface area (Å²) in [5, 5.41) is 2.48. The minimum atomic E-state index is -3.41. The van der Waals surface area contributed by atoms with Crippen LogP contribution in [0.15, 0.2) is 54.3 Å². The summed E-state index contributed by atoms with van der Waals surface area (Å²) in [7, 11) is -3.41. The Bertz CT molecular complexity index is 1160. The van der Waals surface area contributed by atoms with Gasteiger partial charge in [-0.3, -0.25) is 9.36 Å². The van der Waals surface area contributed by atoms with Gasteiger partial charge in [0.25, 0.3) is 0 Å². The monoisotopic (exact) mass is 545 g/mol. The van der Waals surface area contributed by atoms with Gasteiger partial charge in [-0.05, 0) is 56.0 Å². The maximum absolute atomic E-state index is 13.0. The van der Waals surface area contributed by atoms with Gasteiger partial charge in [-0.15, -0.1) is 0 Å². The second-order valence-corrected chi connectivity index (χ2v) is 10.1. The van der Waals surface area contributed by atoms with Crippen molar-refractivity contribution in [2.45, 2.75) is 46.6 Å². The first kappa shape index (κ1) is 31.0. The zero-order chi connectivity index (χ0) is 28.2. The zero-order valence-electron chi connectivity index (χ0n) is 22.5. The van der Waals surface area contributed by atoms with Crippen molar-refractivity contribution in [1.29, 1.82) is 0 Å². The quantitative estimate of drug-likeness (QED) is 0.197. The standard InChI is InChI=1S/C28H36NO8P/c1-6-34-26(31)28(29-21(5)30,27(32)35-7-2)20-22-13-12-15-24(19-22)25-16-11-10-14-23(25)17-18-38(33,36-8-3)37-9-4/h10-19H,6-9,20H2,1-5H3,(H,29,30). The number of carbonyl (C=O) groups is 3. The van der Waals surface area contributed by atoms with Crippen molar-refractivity contribution in [3.63, 3.8) is 0 Å². The molecule has 2 aromatic carbocycles. The lowest BCUT2D eigenvalue weighted by atomic mass is 9.88. The molecule has 0 heterocycles. The number of hydrogen-bond donors (Lipinski definition) is 1. The smallest absolute Gasteiger partial charge is 0.354 e. The van der Waals surface area contributed by atoms with Gasteiger partial charge < -0.3 is 23.8 Å². The maximum Gasteiger partial charge on any atom is 0.354 e. The minimum absolute atomic E-state index is 0.0205. The Morgan fingerprint density at radius 2 is 1.47 bits per heavy atom. The topological polar surface area (TPSA) is 117 Å². The number of nitrogens with one attached hydrogen (secondary N) is 1. The number of carbonyl (C=O) groups excluding carboxylic acids is 3. The highest BCUT2D eigenvalue weighted by atomic mass is 31.2. The minimum Gasteiger partial charge on any atom is -0.464 e. The van der Waals surface area contributed by atoms with Crippen molar-refractivity contribution < 1.29 is 37.5 Å². The summed E-state index contributed by atoms with van der Waals surface area (Å²) in [6, 6.07) is 14.7. The number of rotatable bonds is 14. The van der Waals surface area contributed by atoms with Crippen molar-refractivity contribution >= 4 is 31.5 Å². The molecule has 206 valence electrons. The molecule has 0 atom stereocenters. The van der Waals surface area contributed by atoms with E-state index in [2.05, 4.69) is 5.32 Å². The summed E-state index contributed by atoms with van der Waals surface area (Å²) in [5.41, 5.74) is 0.883. The Labute approximate surface area is 224 Å². The van der Waals surface area contributed by atoms with E-state index in [-0.39, 0.29) is 32.8 Å². The Balaban J connectivity index is 2.54. The van der Waals surface area contributed by atoms with Crippen LogP contribution in [-0.4, -0.2) is 49.8 Å². The van der Waals surface area contributed by atoms with Crippen LogP contribution in [0.2, 0.25) is 0 Å². The van der Waals surface area contributed by atoms with E-state index in [0.29, 0.717) is 5.56 Å². The van der Waals surface area contributed by atoms with Crippen LogP contribution in [0.3, 0.4) is 0 Å². The summed E-state index contributed by atoms with van der Waals surface area (Å²) in [4.78, 5) is 38.1. The molecule has 0 aliphatic carbocycles. The number of hydrogen-bond acceptors (Lipinski definition) is 8. The van der Waals surface area contributed by atoms with Crippen LogP contribution in [0.1, 0.15) is 45.7 Å². The third-order valence-electron chi connectivity index (χ3n) is 5.36. The maximum atomic E-state index is 13.0. The first-order chi connectivity index (χ1) is 18.1. The predicted octanol–water partition coefficient (Wildman–Crippen LogP) is 5.13. The SMILES string of the molecule is CCOC(=O)C(Cc1cccc(-c2ccccc2C=CP(=O)(OCC)OCC)c1)(NC(C)=O)C(=O)OCC. The fourth-order valence-electron chi connectivity index (χ4n) is 3.90. The summed E-state index contributed by atoms with van der Waals surface area (Å²) < 4.78 is 34.0. The molecule has 10 heteroatoms. The van der Waals surface area contributed by atoms with Gasteiger partial charge >= 0.3 is 19.5 Å². The van der Waals surface area contributed by atoms with Crippen LogP contribution >= 0.6 is 7.60 Å². The Morgan fingerprint density at radius 1 is 0.868 bits per heavy atom. The van der Waals surface area contributed by atoms with Gasteiger partial charge in [-0.2, -0.15) is 0 Å². The molecule has 0 saturated heterocycles. The lowest BCUT2D eigenvalue weighted by molar-refractivity contribution is -0.168. The Hall–Kier alpha value is -3.26. The van der Waals surface area contributed by atoms with Gasteiger partial charge in [0, 0.05) is 19.2 Å². The largest absolute Gasteiger partial charge is 0.464 e. The van der Waals surface area contributed by atoms with Crippen molar-refractivity contribution in [2.75, 3.05) is 26.4 Å². The highest BCUT2D eigenvalue weighted by Crippen LogP contribution is 2.50. The molecule has 0 aliphatic heterocycles. The average Bonchev–Trinajstić information content (AvgIpc) is 2.88. The van der Waals surface area contributed by atoms with Crippen molar-refractivity contribution in [3.8, 4) is 11.1 Å². The van der Waals surface area contributed by atoms with Gasteiger partial charge in [0.05, 0.1) is 26.4 Å². The van der Waals surface area contributed by atoms with Gasteiger partial charge in [0.15, 0.2) is 0 Å². The van der Waals surface area contributed by atoms with E-state index in [4.69, 9.17) is 18.5 Å². The van der Waals surface area contributed by atoms with Crippen LogP contribution < -0.4 is 5.32 Å². The van der Waals surface area contributed by atoms with Gasteiger partial charge in [-0.1, -0.05) is 48.5 Å². The first-order valence-electron chi connectivity index (χ1n) is 12.5. The van der Waals surface area contributed by atoms with E-state index in [0.717, 1.165) is 16.7 Å². The third-order valence-corrected chi connectivity index (χ3v) is 7.11. The molecule has 1 N–H and O–H groups in total. The molecule has 0 saturated carbocycles. The number of amides is 1. The molecule has 38 heavy (non-hydrogen) atoms. The van der Waals surface area contributed by atoms with E-state index in [1.807, 2.05) is 36.4 Å². The molecule has 9 nitrogen and oxygen atoms in total. The number of esters is 2. The molecule has 0 spiro atoms. The van der Waals surface area contributed by atoms with Crippen molar-refractivity contribution in [2.24, 2.45) is 0 Å². The Kier molecular flexibility index (Phi) is 11.9. The lowest BCUT2D eigenvalue weighted by Gasteiger charge is -2.30. The predicted molar refractivity (Wildman–Crippen MR) is 145 cm³/mol. The second-order valence-electron chi connectivity index (χ2n) is 8.18. The van der Waals surface area contributed by atoms with E-state index in [1.165, 1.54) is 12.7 Å². The molecule has 0 aromatic heterocycles. The fourth-order valence-corrected chi connectivity index (χ4v) is 5.21. The third kappa shape index (κ3) is 8.12. The van der Waals surface area contributed by atoms with Crippen molar-refractivity contribution in [1.82, 2.24) is 5.32 Å². The fraction of sp³-hybridized carbons (Fsp3) is 0.393. The molecule has 0 radical (unpaired) electrons. The van der Waals surface area contributed by atoms with Crippen LogP contribution in [0, 0.1) is 0 Å². The first-order valence-corrected chi connectivity index (χ1v) is 14.1. The van der Waals surface area contributed by atoms with E-state index < -0.39 is 31.0 Å². The van der Waals surface area contributed by atoms with Gasteiger partial charge in [0.2, 0.25) is 11.4 Å². The summed E-state index contributed by atoms with van der Waals surface area (Å²) in [6.45, 7) is 8.45. The zero-order valence-corrected chi connectivity index (χ0v) is 23.4. The molecule has 2 rings (SSSR count). The van der Waals surface area contributed by atoms with Crippen LogP contribution in [0.5, 0.6) is 0 Å². The van der Waals surface area contributed by atoms with E-state index >= 15 is 0 Å². The second kappa shape index (κ2) is 14.6. The van der Waals surface area contributed by atoms with E-state index in [9.17, 15) is 18.9 Å². The van der Waals surface area contributed by atoms with E-state index in [1.54, 1.807) is 45.9 Å². The molecule has 0 fully saturated rings. The number of benzene rings is 2. The summed E-state index contributed by atoms with van der Waals surface area (Å²) >= 11 is 0. The van der Waals surface area contributed by atoms with Crippen LogP contribution in [-0.2, 0) is 43.9 Å². The normalized spacial score (nSPS) is 11.8. The Morgan fingerprint density at radius 3 is 2.03 bits per heavy atom. The lowest BCUT2D eigenvalue weighted by Crippen LogP contribution is -2.62. The molecular weight excluding hydrogens is 509 g/mol. The molecule has 0 unspecified atom stereocenters. The molecule has 0 aliphatic rings. The van der Waals surface area contributed by atoms with Gasteiger partial charge in [0.1, 0.15) is 0 Å². The highest BCUT2D eigenvalue weighted by Gasteiger charge is 2.50. The average molecular weight is 546 g/mol. The molecular formula is C28H36NO8P. The number of ether oxygens (including phenoxy) is 2. The molecule has 1 amide bonds. The summed E-state index contributed by atoms with van der Waals surface area (Å²) in [5.74, 6) is -0.938. The van der Waals surface area contributed by atoms with Crippen LogP contribution in [0.4, 0.5) is 0 Å². The van der Waals surface area contributed by atoms with Gasteiger partial charge in [-0.25, -0.2) is 9.59 Å². The van der Waals surface area contributed by atoms with Crippen molar-refractivity contribution in [3.05, 3.63) is 65.5 Å². The highest BCUT2D eigenvalue weighted by molar-refractivity contribution is 7.57. The summed E-state index contributed by atoms with van der Waals surface area (Å²) in [6.07, 6.45) is 1.51. The molecule has 0 bridgehead atoms. The molecule has 2 aromatic rings.